The number of hydrogen-bond donors (Lipinski definition) is 1. The van der Waals surface area contributed by atoms with Gasteiger partial charge in [-0.2, -0.15) is 5.10 Å². The zero-order chi connectivity index (χ0) is 15.4. The fourth-order valence-electron chi connectivity index (χ4n) is 2.48. The van der Waals surface area contributed by atoms with Gasteiger partial charge in [0.05, 0.1) is 0 Å². The largest absolute Gasteiger partial charge is 0.290 e. The Balaban J connectivity index is 1.69. The molecule has 1 saturated carbocycles. The maximum absolute atomic E-state index is 12.1. The fourth-order valence-corrected chi connectivity index (χ4v) is 3.28. The van der Waals surface area contributed by atoms with Crippen LogP contribution in [0.1, 0.15) is 48.7 Å². The van der Waals surface area contributed by atoms with Crippen molar-refractivity contribution in [2.45, 2.75) is 39.0 Å². The van der Waals surface area contributed by atoms with Gasteiger partial charge in [-0.05, 0) is 37.7 Å². The highest BCUT2D eigenvalue weighted by molar-refractivity contribution is 7.13. The van der Waals surface area contributed by atoms with Crippen LogP contribution in [0.3, 0.4) is 0 Å². The van der Waals surface area contributed by atoms with E-state index in [1.165, 1.54) is 29.7 Å². The molecule has 4 nitrogen and oxygen atoms in total. The summed E-state index contributed by atoms with van der Waals surface area (Å²) >= 11 is 1.48. The van der Waals surface area contributed by atoms with Crippen LogP contribution < -0.4 is 5.43 Å². The summed E-state index contributed by atoms with van der Waals surface area (Å²) in [5.74, 6) is -0.230. The number of thiazole rings is 1. The molecule has 0 aliphatic heterocycles. The quantitative estimate of drug-likeness (QED) is 0.866. The first kappa shape index (κ1) is 14.9. The maximum Gasteiger partial charge on any atom is 0.290 e. The summed E-state index contributed by atoms with van der Waals surface area (Å²) in [5, 5.41) is 6.83. The van der Waals surface area contributed by atoms with Gasteiger partial charge < -0.3 is 0 Å². The molecule has 1 amide bonds. The predicted octanol–water partition coefficient (Wildman–Crippen LogP) is 4.03. The van der Waals surface area contributed by atoms with E-state index in [4.69, 9.17) is 0 Å². The Morgan fingerprint density at radius 3 is 2.68 bits per heavy atom. The summed E-state index contributed by atoms with van der Waals surface area (Å²) in [6.45, 7) is 2.13. The number of nitrogens with one attached hydrogen (secondary N) is 1. The molecule has 1 aliphatic rings. The minimum Gasteiger partial charge on any atom is -0.266 e. The SMILES string of the molecule is CCc1ccc(-c2nc(C(=O)NN=C3CCCC3)cs2)cc1. The fraction of sp³-hybridized carbons (Fsp3) is 0.353. The van der Waals surface area contributed by atoms with Crippen LogP contribution in [0.2, 0.25) is 0 Å². The Hall–Kier alpha value is -2.01. The molecule has 0 atom stereocenters. The smallest absolute Gasteiger partial charge is 0.266 e. The molecule has 5 heteroatoms. The van der Waals surface area contributed by atoms with Crippen LogP contribution in [-0.4, -0.2) is 16.6 Å². The topological polar surface area (TPSA) is 54.4 Å². The molecule has 2 aromatic rings. The molecule has 0 spiro atoms. The van der Waals surface area contributed by atoms with Crippen molar-refractivity contribution in [1.82, 2.24) is 10.4 Å². The number of carbonyl (C=O) groups excluding carboxylic acids is 1. The van der Waals surface area contributed by atoms with Gasteiger partial charge in [-0.3, -0.25) is 4.79 Å². The number of nitrogens with zero attached hydrogens (tertiary/aromatic N) is 2. The minimum atomic E-state index is -0.230. The van der Waals surface area contributed by atoms with E-state index in [0.29, 0.717) is 5.69 Å². The van der Waals surface area contributed by atoms with Gasteiger partial charge in [-0.15, -0.1) is 11.3 Å². The van der Waals surface area contributed by atoms with Crippen molar-refractivity contribution in [1.29, 1.82) is 0 Å². The molecule has 1 aliphatic carbocycles. The standard InChI is InChI=1S/C17H19N3OS/c1-2-12-7-9-13(10-8-12)17-18-15(11-22-17)16(21)20-19-14-5-3-4-6-14/h7-11H,2-6H2,1H3,(H,20,21). The number of rotatable bonds is 4. The third-order valence-electron chi connectivity index (χ3n) is 3.84. The second kappa shape index (κ2) is 6.83. The van der Waals surface area contributed by atoms with Gasteiger partial charge in [0, 0.05) is 16.7 Å². The highest BCUT2D eigenvalue weighted by Crippen LogP contribution is 2.24. The van der Waals surface area contributed by atoms with Crippen LogP contribution >= 0.6 is 11.3 Å². The number of carbonyl (C=O) groups is 1. The third kappa shape index (κ3) is 3.42. The average Bonchev–Trinajstić information content (AvgIpc) is 3.24. The van der Waals surface area contributed by atoms with Gasteiger partial charge >= 0.3 is 0 Å². The number of hydrogen-bond acceptors (Lipinski definition) is 4. The van der Waals surface area contributed by atoms with E-state index in [1.54, 1.807) is 5.38 Å². The second-order valence-electron chi connectivity index (χ2n) is 5.41. The van der Waals surface area contributed by atoms with Crippen molar-refractivity contribution < 1.29 is 4.79 Å². The van der Waals surface area contributed by atoms with E-state index in [2.05, 4.69) is 46.7 Å². The number of hydrazone groups is 1. The highest BCUT2D eigenvalue weighted by Gasteiger charge is 2.13. The molecule has 0 saturated heterocycles. The van der Waals surface area contributed by atoms with Gasteiger partial charge in [0.2, 0.25) is 0 Å². The molecule has 1 N–H and O–H groups in total. The zero-order valence-electron chi connectivity index (χ0n) is 12.6. The number of aromatic nitrogens is 1. The Labute approximate surface area is 134 Å². The van der Waals surface area contributed by atoms with E-state index in [1.807, 2.05) is 0 Å². The van der Waals surface area contributed by atoms with Crippen LogP contribution in [-0.2, 0) is 6.42 Å². The van der Waals surface area contributed by atoms with Crippen molar-refractivity contribution in [2.75, 3.05) is 0 Å². The van der Waals surface area contributed by atoms with Crippen molar-refractivity contribution in [3.63, 3.8) is 0 Å². The lowest BCUT2D eigenvalue weighted by Gasteiger charge is -1.99. The second-order valence-corrected chi connectivity index (χ2v) is 6.27. The summed E-state index contributed by atoms with van der Waals surface area (Å²) < 4.78 is 0. The van der Waals surface area contributed by atoms with Gasteiger partial charge in [0.1, 0.15) is 10.7 Å². The van der Waals surface area contributed by atoms with Gasteiger partial charge in [0.25, 0.3) is 5.91 Å². The van der Waals surface area contributed by atoms with E-state index < -0.39 is 0 Å². The van der Waals surface area contributed by atoms with E-state index in [-0.39, 0.29) is 5.91 Å². The first-order valence-electron chi connectivity index (χ1n) is 7.67. The van der Waals surface area contributed by atoms with Crippen LogP contribution in [0.25, 0.3) is 10.6 Å². The molecule has 0 unspecified atom stereocenters. The first-order valence-corrected chi connectivity index (χ1v) is 8.55. The normalized spacial score (nSPS) is 14.1. The lowest BCUT2D eigenvalue weighted by molar-refractivity contribution is 0.0950. The lowest BCUT2D eigenvalue weighted by atomic mass is 10.1. The van der Waals surface area contributed by atoms with Crippen molar-refractivity contribution in [2.24, 2.45) is 5.10 Å². The molecule has 1 aromatic heterocycles. The molecule has 1 aromatic carbocycles. The molecule has 114 valence electrons. The molecular weight excluding hydrogens is 294 g/mol. The van der Waals surface area contributed by atoms with Crippen LogP contribution in [0.4, 0.5) is 0 Å². The van der Waals surface area contributed by atoms with E-state index in [0.717, 1.165) is 35.5 Å². The molecule has 1 fully saturated rings. The van der Waals surface area contributed by atoms with Crippen LogP contribution in [0.5, 0.6) is 0 Å². The lowest BCUT2D eigenvalue weighted by Crippen LogP contribution is -2.19. The Bertz CT molecular complexity index is 680. The van der Waals surface area contributed by atoms with Gasteiger partial charge in [-0.25, -0.2) is 10.4 Å². The number of aryl methyl sites for hydroxylation is 1. The minimum absolute atomic E-state index is 0.230. The summed E-state index contributed by atoms with van der Waals surface area (Å²) in [5.41, 5.74) is 6.47. The Morgan fingerprint density at radius 1 is 1.27 bits per heavy atom. The zero-order valence-corrected chi connectivity index (χ0v) is 13.4. The number of amides is 1. The van der Waals surface area contributed by atoms with Gasteiger partial charge in [0.15, 0.2) is 0 Å². The maximum atomic E-state index is 12.1. The molecular formula is C17H19N3OS. The first-order chi connectivity index (χ1) is 10.8. The molecule has 0 radical (unpaired) electrons. The van der Waals surface area contributed by atoms with E-state index in [9.17, 15) is 4.79 Å². The number of benzene rings is 1. The molecule has 1 heterocycles. The van der Waals surface area contributed by atoms with Crippen molar-refractivity contribution in [3.8, 4) is 10.6 Å². The van der Waals surface area contributed by atoms with Crippen molar-refractivity contribution in [3.05, 3.63) is 40.9 Å². The van der Waals surface area contributed by atoms with Crippen molar-refractivity contribution >= 4 is 23.0 Å². The molecule has 0 bridgehead atoms. The van der Waals surface area contributed by atoms with E-state index >= 15 is 0 Å². The summed E-state index contributed by atoms with van der Waals surface area (Å²) in [6, 6.07) is 8.31. The van der Waals surface area contributed by atoms with Crippen LogP contribution in [0, 0.1) is 0 Å². The van der Waals surface area contributed by atoms with Gasteiger partial charge in [-0.1, -0.05) is 31.2 Å². The Kier molecular flexibility index (Phi) is 4.63. The molecule has 22 heavy (non-hydrogen) atoms. The van der Waals surface area contributed by atoms with Crippen LogP contribution in [0.15, 0.2) is 34.7 Å². The third-order valence-corrected chi connectivity index (χ3v) is 4.73. The summed E-state index contributed by atoms with van der Waals surface area (Å²) in [4.78, 5) is 16.5. The summed E-state index contributed by atoms with van der Waals surface area (Å²) in [6.07, 6.45) is 5.34. The Morgan fingerprint density at radius 2 is 2.00 bits per heavy atom. The molecule has 3 rings (SSSR count). The highest BCUT2D eigenvalue weighted by atomic mass is 32.1. The predicted molar refractivity (Wildman–Crippen MR) is 90.3 cm³/mol. The summed E-state index contributed by atoms with van der Waals surface area (Å²) in [7, 11) is 0. The monoisotopic (exact) mass is 313 g/mol. The average molecular weight is 313 g/mol.